The van der Waals surface area contributed by atoms with Gasteiger partial charge in [0.1, 0.15) is 30.5 Å². The highest BCUT2D eigenvalue weighted by atomic mass is 32.3. The zero-order valence-electron chi connectivity index (χ0n) is 41.6. The lowest BCUT2D eigenvalue weighted by Gasteiger charge is -2.41. The molecule has 14 heteroatoms. The second-order valence-electron chi connectivity index (χ2n) is 18.2. The van der Waals surface area contributed by atoms with Gasteiger partial charge in [-0.1, -0.05) is 190 Å². The Morgan fingerprint density at radius 2 is 1.04 bits per heavy atom. The first-order valence-corrected chi connectivity index (χ1v) is 27.6. The Morgan fingerprint density at radius 1 is 0.612 bits per heavy atom. The highest BCUT2D eigenvalue weighted by molar-refractivity contribution is 7.80. The van der Waals surface area contributed by atoms with E-state index in [2.05, 4.69) is 72.0 Å². The summed E-state index contributed by atoms with van der Waals surface area (Å²) < 4.78 is 47.6. The number of rotatable bonds is 44. The van der Waals surface area contributed by atoms with Crippen molar-refractivity contribution in [3.63, 3.8) is 0 Å². The number of amides is 1. The smallest absolute Gasteiger partial charge is 0.394 e. The van der Waals surface area contributed by atoms with Crippen molar-refractivity contribution in [2.24, 2.45) is 0 Å². The van der Waals surface area contributed by atoms with Crippen LogP contribution in [0.2, 0.25) is 0 Å². The molecular weight excluding hydrogens is 875 g/mol. The number of nitrogens with one attached hydrogen (secondary N) is 1. The number of hydrogen-bond acceptors (Lipinski definition) is 11. The average Bonchev–Trinajstić information content (AvgIpc) is 3.30. The Balaban J connectivity index is 2.53. The third kappa shape index (κ3) is 34.7. The van der Waals surface area contributed by atoms with Crippen LogP contribution >= 0.6 is 0 Å². The van der Waals surface area contributed by atoms with E-state index < -0.39 is 78.5 Å². The maximum Gasteiger partial charge on any atom is 0.397 e. The number of ether oxygens (including phenoxy) is 2. The van der Waals surface area contributed by atoms with Crippen LogP contribution in [0.15, 0.2) is 60.8 Å². The van der Waals surface area contributed by atoms with Crippen molar-refractivity contribution < 1.29 is 57.0 Å². The molecule has 0 bridgehead atoms. The lowest BCUT2D eigenvalue weighted by Crippen LogP contribution is -2.61. The van der Waals surface area contributed by atoms with Gasteiger partial charge in [-0.05, 0) is 77.0 Å². The number of allylic oxidation sites excluding steroid dienone is 9. The molecule has 0 aromatic rings. The summed E-state index contributed by atoms with van der Waals surface area (Å²) in [5.74, 6) is -0.725. The quantitative estimate of drug-likeness (QED) is 0.0173. The van der Waals surface area contributed by atoms with Gasteiger partial charge in [0.15, 0.2) is 6.29 Å². The second kappa shape index (κ2) is 42.6. The molecule has 7 N–H and O–H groups in total. The fraction of sp³-hybridized carbons (Fsp3) is 0.792. The van der Waals surface area contributed by atoms with Gasteiger partial charge in [-0.2, -0.15) is 8.42 Å². The zero-order chi connectivity index (χ0) is 49.2. The van der Waals surface area contributed by atoms with E-state index in [9.17, 15) is 43.3 Å². The zero-order valence-corrected chi connectivity index (χ0v) is 42.4. The van der Waals surface area contributed by atoms with Crippen molar-refractivity contribution >= 4 is 16.3 Å². The molecule has 1 aliphatic rings. The van der Waals surface area contributed by atoms with Crippen molar-refractivity contribution in [3.05, 3.63) is 60.8 Å². The summed E-state index contributed by atoms with van der Waals surface area (Å²) in [5, 5.41) is 55.3. The molecule has 0 saturated carbocycles. The largest absolute Gasteiger partial charge is 0.397 e. The molecule has 390 valence electrons. The molecule has 1 aliphatic heterocycles. The third-order valence-electron chi connectivity index (χ3n) is 12.1. The molecule has 0 aromatic heterocycles. The highest BCUT2D eigenvalue weighted by Crippen LogP contribution is 2.26. The fourth-order valence-corrected chi connectivity index (χ4v) is 8.44. The standard InChI is InChI=1S/C53H95NO12S/c1-3-5-7-9-11-13-15-17-19-21-22-23-24-25-26-28-30-32-34-36-38-40-42-47(57)52(60)54-45(44-64-53-50(59)51(66-67(61,62)63)49(58)48(43-55)65-53)46(56)41-39-37-35-33-31-29-27-20-18-16-14-12-10-8-6-4-2/h18,20,22-23,25-26,31,33,39,41,45-51,53,55-59H,3-17,19,21,24,27-30,32,34-38,40,42-44H2,1-2H3,(H,54,60)(H,61,62,63)/b20-18+,23-22-,26-25-,33-31+,41-39+. The molecule has 1 heterocycles. The predicted molar refractivity (Wildman–Crippen MR) is 270 cm³/mol. The van der Waals surface area contributed by atoms with Gasteiger partial charge < -0.3 is 40.3 Å². The molecule has 0 radical (unpaired) electrons. The summed E-state index contributed by atoms with van der Waals surface area (Å²) in [6.07, 6.45) is 43.0. The minimum absolute atomic E-state index is 0.219. The van der Waals surface area contributed by atoms with Crippen LogP contribution in [-0.2, 0) is 28.9 Å². The molecule has 8 unspecified atom stereocenters. The number of hydrogen-bond donors (Lipinski definition) is 7. The normalized spacial score (nSPS) is 20.9. The van der Waals surface area contributed by atoms with Crippen LogP contribution in [0.3, 0.4) is 0 Å². The maximum atomic E-state index is 13.2. The van der Waals surface area contributed by atoms with Crippen LogP contribution in [-0.4, -0.2) is 107 Å². The van der Waals surface area contributed by atoms with Crippen molar-refractivity contribution in [1.29, 1.82) is 0 Å². The molecule has 1 fully saturated rings. The minimum atomic E-state index is -5.13. The van der Waals surface area contributed by atoms with Crippen molar-refractivity contribution in [2.75, 3.05) is 13.2 Å². The number of unbranched alkanes of at least 4 members (excludes halogenated alkanes) is 23. The SMILES string of the molecule is CCCCCCCC/C=C/CC/C=C/CC/C=C/C(O)C(COC1OC(CO)C(O)C(OS(=O)(=O)O)C1O)NC(=O)C(O)CCCCCCCC/C=C\C/C=C\CCCCCCCCCCC. The Morgan fingerprint density at radius 3 is 1.52 bits per heavy atom. The lowest BCUT2D eigenvalue weighted by molar-refractivity contribution is -0.298. The van der Waals surface area contributed by atoms with E-state index in [-0.39, 0.29) is 6.42 Å². The molecule has 0 spiro atoms. The average molecular weight is 970 g/mol. The Bertz CT molecular complexity index is 1440. The van der Waals surface area contributed by atoms with E-state index in [0.717, 1.165) is 70.6 Å². The van der Waals surface area contributed by atoms with Gasteiger partial charge in [0.25, 0.3) is 0 Å². The lowest BCUT2D eigenvalue weighted by atomic mass is 9.99. The molecule has 67 heavy (non-hydrogen) atoms. The van der Waals surface area contributed by atoms with Crippen LogP contribution < -0.4 is 5.32 Å². The van der Waals surface area contributed by atoms with Crippen molar-refractivity contribution in [3.8, 4) is 0 Å². The number of carbonyl (C=O) groups is 1. The van der Waals surface area contributed by atoms with Gasteiger partial charge in [-0.15, -0.1) is 0 Å². The molecule has 1 amide bonds. The van der Waals surface area contributed by atoms with E-state index in [1.54, 1.807) is 6.08 Å². The first-order valence-electron chi connectivity index (χ1n) is 26.3. The van der Waals surface area contributed by atoms with Crippen molar-refractivity contribution in [1.82, 2.24) is 5.32 Å². The first kappa shape index (κ1) is 62.8. The third-order valence-corrected chi connectivity index (χ3v) is 12.6. The maximum absolute atomic E-state index is 13.2. The number of carbonyl (C=O) groups excluding carboxylic acids is 1. The monoisotopic (exact) mass is 970 g/mol. The molecule has 8 atom stereocenters. The van der Waals surface area contributed by atoms with E-state index in [4.69, 9.17) is 9.47 Å². The van der Waals surface area contributed by atoms with Gasteiger partial charge in [0.2, 0.25) is 5.91 Å². The van der Waals surface area contributed by atoms with Crippen LogP contribution in [0.25, 0.3) is 0 Å². The molecular formula is C53H95NO12S. The summed E-state index contributed by atoms with van der Waals surface area (Å²) in [4.78, 5) is 13.2. The van der Waals surface area contributed by atoms with Gasteiger partial charge >= 0.3 is 10.4 Å². The van der Waals surface area contributed by atoms with Crippen LogP contribution in [0.1, 0.15) is 206 Å². The second-order valence-corrected chi connectivity index (χ2v) is 19.3. The molecule has 0 aromatic carbocycles. The predicted octanol–water partition coefficient (Wildman–Crippen LogP) is 10.4. The van der Waals surface area contributed by atoms with Crippen molar-refractivity contribution in [2.45, 2.75) is 255 Å². The van der Waals surface area contributed by atoms with Crippen LogP contribution in [0.5, 0.6) is 0 Å². The highest BCUT2D eigenvalue weighted by Gasteiger charge is 2.48. The van der Waals surface area contributed by atoms with Gasteiger partial charge in [-0.25, -0.2) is 4.18 Å². The summed E-state index contributed by atoms with van der Waals surface area (Å²) in [6, 6.07) is -1.15. The minimum Gasteiger partial charge on any atom is -0.394 e. The summed E-state index contributed by atoms with van der Waals surface area (Å²) in [6.45, 7) is 3.19. The Kier molecular flexibility index (Phi) is 39.9. The molecule has 1 rings (SSSR count). The van der Waals surface area contributed by atoms with E-state index in [1.807, 2.05) is 0 Å². The molecule has 13 nitrogen and oxygen atoms in total. The Hall–Kier alpha value is -2.24. The fourth-order valence-electron chi connectivity index (χ4n) is 7.93. The first-order chi connectivity index (χ1) is 32.4. The summed E-state index contributed by atoms with van der Waals surface area (Å²) in [7, 11) is -5.13. The topological polar surface area (TPSA) is 212 Å². The molecule has 0 aliphatic carbocycles. The van der Waals surface area contributed by atoms with E-state index in [1.165, 1.54) is 109 Å². The van der Waals surface area contributed by atoms with Gasteiger partial charge in [0.05, 0.1) is 25.4 Å². The number of aliphatic hydroxyl groups excluding tert-OH is 5. The van der Waals surface area contributed by atoms with E-state index >= 15 is 0 Å². The van der Waals surface area contributed by atoms with Crippen LogP contribution in [0, 0.1) is 0 Å². The van der Waals surface area contributed by atoms with Crippen LogP contribution in [0.4, 0.5) is 0 Å². The van der Waals surface area contributed by atoms with E-state index in [0.29, 0.717) is 12.8 Å². The summed E-state index contributed by atoms with van der Waals surface area (Å²) in [5.41, 5.74) is 0. The van der Waals surface area contributed by atoms with Gasteiger partial charge in [-0.3, -0.25) is 9.35 Å². The number of aliphatic hydroxyl groups is 5. The van der Waals surface area contributed by atoms with Gasteiger partial charge in [0, 0.05) is 0 Å². The Labute approximate surface area is 406 Å². The molecule has 1 saturated heterocycles. The summed E-state index contributed by atoms with van der Waals surface area (Å²) >= 11 is 0.